The Hall–Kier alpha value is -4.15. The van der Waals surface area contributed by atoms with Gasteiger partial charge in [0.05, 0.1) is 17.6 Å². The summed E-state index contributed by atoms with van der Waals surface area (Å²) in [6, 6.07) is 5.33. The number of hydrogen-bond donors (Lipinski definition) is 2. The van der Waals surface area contributed by atoms with Gasteiger partial charge in [-0.25, -0.2) is 19.9 Å². The summed E-state index contributed by atoms with van der Waals surface area (Å²) in [5, 5.41) is 11.8. The summed E-state index contributed by atoms with van der Waals surface area (Å²) in [5.41, 5.74) is 4.14. The maximum Gasteiger partial charge on any atom is 0.271 e. The number of amides is 1. The van der Waals surface area contributed by atoms with Crippen LogP contribution in [-0.2, 0) is 12.5 Å². The Balaban J connectivity index is 1.23. The SMILES string of the molecule is C[C@@H](NC(=O)c1ncnc2c1cnn2C)c1cc(-c2nc3ccc(C4(C)CC4)nc3[nH]2)no1. The van der Waals surface area contributed by atoms with E-state index in [9.17, 15) is 4.79 Å². The molecule has 1 saturated carbocycles. The van der Waals surface area contributed by atoms with Gasteiger partial charge in [0.2, 0.25) is 0 Å². The lowest BCUT2D eigenvalue weighted by atomic mass is 10.1. The molecule has 166 valence electrons. The quantitative estimate of drug-likeness (QED) is 0.422. The number of hydrogen-bond acceptors (Lipinski definition) is 8. The van der Waals surface area contributed by atoms with Crippen molar-refractivity contribution in [3.8, 4) is 11.5 Å². The van der Waals surface area contributed by atoms with Crippen molar-refractivity contribution in [1.29, 1.82) is 0 Å². The summed E-state index contributed by atoms with van der Waals surface area (Å²) in [5.74, 6) is 0.710. The van der Waals surface area contributed by atoms with Crippen molar-refractivity contribution in [2.45, 2.75) is 38.1 Å². The Morgan fingerprint density at radius 3 is 2.94 bits per heavy atom. The highest BCUT2D eigenvalue weighted by Crippen LogP contribution is 2.46. The molecule has 5 heterocycles. The first-order valence-corrected chi connectivity index (χ1v) is 10.7. The van der Waals surface area contributed by atoms with Crippen LogP contribution < -0.4 is 5.32 Å². The molecule has 33 heavy (non-hydrogen) atoms. The topological polar surface area (TPSA) is 140 Å². The van der Waals surface area contributed by atoms with Crippen LogP contribution in [0.5, 0.6) is 0 Å². The van der Waals surface area contributed by atoms with E-state index in [2.05, 4.69) is 42.4 Å². The Kier molecular flexibility index (Phi) is 4.10. The fourth-order valence-electron chi connectivity index (χ4n) is 3.88. The molecular formula is C22H21N9O2. The van der Waals surface area contributed by atoms with Crippen molar-refractivity contribution in [2.75, 3.05) is 0 Å². The second-order valence-electron chi connectivity index (χ2n) is 8.75. The van der Waals surface area contributed by atoms with E-state index >= 15 is 0 Å². The predicted octanol–water partition coefficient (Wildman–Crippen LogP) is 2.83. The minimum Gasteiger partial charge on any atom is -0.358 e. The fourth-order valence-corrected chi connectivity index (χ4v) is 3.88. The number of aromatic amines is 1. The summed E-state index contributed by atoms with van der Waals surface area (Å²) in [6.07, 6.45) is 5.24. The van der Waals surface area contributed by atoms with E-state index in [1.54, 1.807) is 24.0 Å². The molecule has 6 rings (SSSR count). The van der Waals surface area contributed by atoms with Gasteiger partial charge in [-0.3, -0.25) is 9.48 Å². The molecule has 0 aromatic carbocycles. The highest BCUT2D eigenvalue weighted by atomic mass is 16.5. The molecule has 5 aromatic heterocycles. The van der Waals surface area contributed by atoms with Crippen molar-refractivity contribution in [2.24, 2.45) is 7.05 Å². The molecule has 1 aliphatic carbocycles. The standard InChI is InChI=1S/C22H21N9O2/c1-11(26-21(32)17-12-9-25-31(3)20(12)24-10-23-17)15-8-14(30-33-15)19-27-13-4-5-16(22(2)6-7-22)28-18(13)29-19/h4-5,8-11H,6-7H2,1-3H3,(H,26,32)(H,27,28,29)/t11-/m1/s1. The van der Waals surface area contributed by atoms with Crippen molar-refractivity contribution in [3.63, 3.8) is 0 Å². The molecule has 0 unspecified atom stereocenters. The fraction of sp³-hybridized carbons (Fsp3) is 0.318. The Bertz CT molecular complexity index is 1530. The molecular weight excluding hydrogens is 422 g/mol. The average Bonchev–Trinajstić information content (AvgIpc) is 3.19. The lowest BCUT2D eigenvalue weighted by Gasteiger charge is -2.10. The molecule has 11 heteroatoms. The van der Waals surface area contributed by atoms with E-state index in [4.69, 9.17) is 9.51 Å². The minimum absolute atomic E-state index is 0.180. The van der Waals surface area contributed by atoms with Crippen LogP contribution in [0, 0.1) is 0 Å². The molecule has 1 aliphatic rings. The third-order valence-electron chi connectivity index (χ3n) is 6.25. The van der Waals surface area contributed by atoms with Crippen LogP contribution in [-0.4, -0.2) is 45.8 Å². The number of nitrogens with one attached hydrogen (secondary N) is 2. The lowest BCUT2D eigenvalue weighted by Crippen LogP contribution is -2.27. The Labute approximate surface area is 187 Å². The second kappa shape index (κ2) is 6.92. The molecule has 1 atom stereocenters. The molecule has 1 amide bonds. The monoisotopic (exact) mass is 443 g/mol. The third kappa shape index (κ3) is 3.23. The first-order chi connectivity index (χ1) is 15.9. The normalized spacial score (nSPS) is 15.7. The number of aromatic nitrogens is 8. The highest BCUT2D eigenvalue weighted by Gasteiger charge is 2.40. The van der Waals surface area contributed by atoms with Gasteiger partial charge >= 0.3 is 0 Å². The van der Waals surface area contributed by atoms with E-state index in [1.165, 1.54) is 6.33 Å². The summed E-state index contributed by atoms with van der Waals surface area (Å²) < 4.78 is 7.09. The van der Waals surface area contributed by atoms with Crippen LogP contribution in [0.4, 0.5) is 0 Å². The van der Waals surface area contributed by atoms with Gasteiger partial charge in [-0.15, -0.1) is 0 Å². The second-order valence-corrected chi connectivity index (χ2v) is 8.75. The molecule has 5 aromatic rings. The van der Waals surface area contributed by atoms with E-state index in [0.717, 1.165) is 29.7 Å². The van der Waals surface area contributed by atoms with E-state index in [1.807, 2.05) is 19.1 Å². The molecule has 1 fully saturated rings. The zero-order valence-corrected chi connectivity index (χ0v) is 18.3. The molecule has 0 saturated heterocycles. The van der Waals surface area contributed by atoms with Crippen molar-refractivity contribution in [1.82, 2.24) is 45.2 Å². The lowest BCUT2D eigenvalue weighted by molar-refractivity contribution is 0.0930. The number of imidazole rings is 1. The highest BCUT2D eigenvalue weighted by molar-refractivity contribution is 6.03. The summed E-state index contributed by atoms with van der Waals surface area (Å²) in [4.78, 5) is 33.7. The van der Waals surface area contributed by atoms with Crippen molar-refractivity contribution < 1.29 is 9.32 Å². The molecule has 0 bridgehead atoms. The number of H-pyrrole nitrogens is 1. The van der Waals surface area contributed by atoms with Gasteiger partial charge in [0.1, 0.15) is 23.2 Å². The third-order valence-corrected chi connectivity index (χ3v) is 6.25. The van der Waals surface area contributed by atoms with Gasteiger partial charge in [0, 0.05) is 24.2 Å². The summed E-state index contributed by atoms with van der Waals surface area (Å²) >= 11 is 0. The van der Waals surface area contributed by atoms with Gasteiger partial charge in [0.25, 0.3) is 5.91 Å². The maximum absolute atomic E-state index is 12.8. The molecule has 2 N–H and O–H groups in total. The number of pyridine rings is 1. The molecule has 0 aliphatic heterocycles. The number of carbonyl (C=O) groups is 1. The van der Waals surface area contributed by atoms with Gasteiger partial charge in [-0.1, -0.05) is 12.1 Å². The molecule has 0 radical (unpaired) electrons. The summed E-state index contributed by atoms with van der Waals surface area (Å²) in [7, 11) is 1.76. The number of fused-ring (bicyclic) bond motifs is 2. The van der Waals surface area contributed by atoms with Gasteiger partial charge < -0.3 is 14.8 Å². The molecule has 0 spiro atoms. The van der Waals surface area contributed by atoms with Gasteiger partial charge in [-0.05, 0) is 31.9 Å². The van der Waals surface area contributed by atoms with Crippen LogP contribution >= 0.6 is 0 Å². The maximum atomic E-state index is 12.8. The predicted molar refractivity (Wildman–Crippen MR) is 118 cm³/mol. The zero-order valence-electron chi connectivity index (χ0n) is 18.3. The number of nitrogens with zero attached hydrogens (tertiary/aromatic N) is 7. The van der Waals surface area contributed by atoms with E-state index < -0.39 is 6.04 Å². The number of aryl methyl sites for hydroxylation is 1. The number of carbonyl (C=O) groups excluding carboxylic acids is 1. The smallest absolute Gasteiger partial charge is 0.271 e. The first-order valence-electron chi connectivity index (χ1n) is 10.7. The van der Waals surface area contributed by atoms with Gasteiger partial charge in [-0.2, -0.15) is 5.10 Å². The van der Waals surface area contributed by atoms with Crippen LogP contribution in [0.25, 0.3) is 33.7 Å². The first kappa shape index (κ1) is 19.5. The van der Waals surface area contributed by atoms with Crippen molar-refractivity contribution in [3.05, 3.63) is 47.9 Å². The van der Waals surface area contributed by atoms with Crippen LogP contribution in [0.1, 0.15) is 54.7 Å². The average molecular weight is 443 g/mol. The van der Waals surface area contributed by atoms with E-state index in [-0.39, 0.29) is 17.0 Å². The summed E-state index contributed by atoms with van der Waals surface area (Å²) in [6.45, 7) is 4.03. The minimum atomic E-state index is -0.440. The Morgan fingerprint density at radius 1 is 1.27 bits per heavy atom. The Morgan fingerprint density at radius 2 is 2.12 bits per heavy atom. The van der Waals surface area contributed by atoms with E-state index in [0.29, 0.717) is 28.3 Å². The largest absolute Gasteiger partial charge is 0.358 e. The van der Waals surface area contributed by atoms with Crippen LogP contribution in [0.3, 0.4) is 0 Å². The molecule has 11 nitrogen and oxygen atoms in total. The zero-order chi connectivity index (χ0) is 22.7. The number of rotatable bonds is 5. The van der Waals surface area contributed by atoms with Crippen LogP contribution in [0.15, 0.2) is 35.2 Å². The van der Waals surface area contributed by atoms with Crippen molar-refractivity contribution >= 4 is 28.1 Å². The van der Waals surface area contributed by atoms with Crippen LogP contribution in [0.2, 0.25) is 0 Å². The van der Waals surface area contributed by atoms with Gasteiger partial charge in [0.15, 0.2) is 22.9 Å².